The van der Waals surface area contributed by atoms with Crippen molar-refractivity contribution < 1.29 is 0 Å². The lowest BCUT2D eigenvalue weighted by Gasteiger charge is -2.11. The molecular formula is C10H18Mg. The summed E-state index contributed by atoms with van der Waals surface area (Å²) in [6.07, 6.45) is 12.7. The number of rotatable bonds is 2. The molecule has 0 atom stereocenters. The van der Waals surface area contributed by atoms with Crippen LogP contribution in [0.4, 0.5) is 0 Å². The van der Waals surface area contributed by atoms with E-state index in [4.69, 9.17) is 0 Å². The van der Waals surface area contributed by atoms with E-state index in [2.05, 4.69) is 0 Å². The lowest BCUT2D eigenvalue weighted by Crippen LogP contribution is -2.05. The Morgan fingerprint density at radius 1 is 0.636 bits per heavy atom. The minimum absolute atomic E-state index is 0.364. The molecule has 0 heterocycles. The van der Waals surface area contributed by atoms with Crippen LogP contribution in [0.2, 0.25) is 8.09 Å². The molecule has 11 heavy (non-hydrogen) atoms. The van der Waals surface area contributed by atoms with Crippen molar-refractivity contribution in [3.8, 4) is 0 Å². The highest BCUT2D eigenvalue weighted by Gasteiger charge is 2.24. The molecule has 2 aliphatic carbocycles. The van der Waals surface area contributed by atoms with E-state index in [1.807, 2.05) is 0 Å². The fraction of sp³-hybridized carbons (Fsp3) is 1.00. The van der Waals surface area contributed by atoms with Gasteiger partial charge in [-0.05, 0) is 0 Å². The van der Waals surface area contributed by atoms with Crippen LogP contribution in [0.1, 0.15) is 51.4 Å². The Morgan fingerprint density at radius 2 is 1.00 bits per heavy atom. The van der Waals surface area contributed by atoms with Crippen molar-refractivity contribution in [2.45, 2.75) is 59.5 Å². The van der Waals surface area contributed by atoms with Crippen molar-refractivity contribution in [1.29, 1.82) is 0 Å². The molecule has 0 amide bonds. The van der Waals surface area contributed by atoms with Crippen LogP contribution >= 0.6 is 0 Å². The number of hydrogen-bond donors (Lipinski definition) is 0. The Bertz CT molecular complexity index is 96.0. The van der Waals surface area contributed by atoms with E-state index in [0.717, 1.165) is 0 Å². The first-order chi connectivity index (χ1) is 5.45. The summed E-state index contributed by atoms with van der Waals surface area (Å²) in [5.41, 5.74) is 0. The van der Waals surface area contributed by atoms with E-state index in [-0.39, 0.29) is 0 Å². The molecule has 2 saturated carbocycles. The van der Waals surface area contributed by atoms with Gasteiger partial charge in [0.1, 0.15) is 0 Å². The first-order valence-electron chi connectivity index (χ1n) is 5.45. The van der Waals surface area contributed by atoms with Gasteiger partial charge >= 0.3 is 20.4 Å². The van der Waals surface area contributed by atoms with Gasteiger partial charge in [-0.15, -0.1) is 8.09 Å². The van der Waals surface area contributed by atoms with Gasteiger partial charge in [0, 0.05) is 0 Å². The predicted octanol–water partition coefficient (Wildman–Crippen LogP) is 3.42. The van der Waals surface area contributed by atoms with Crippen molar-refractivity contribution in [3.05, 3.63) is 0 Å². The number of hydrogen-bond acceptors (Lipinski definition) is 0. The normalized spacial score (nSPS) is 27.6. The zero-order valence-corrected chi connectivity index (χ0v) is 8.93. The predicted molar refractivity (Wildman–Crippen MR) is 50.2 cm³/mol. The Kier molecular flexibility index (Phi) is 3.14. The van der Waals surface area contributed by atoms with Crippen molar-refractivity contribution in [2.24, 2.45) is 0 Å². The fourth-order valence-corrected chi connectivity index (χ4v) is 6.00. The van der Waals surface area contributed by atoms with E-state index < -0.39 is 0 Å². The average molecular weight is 163 g/mol. The van der Waals surface area contributed by atoms with Gasteiger partial charge in [0.25, 0.3) is 0 Å². The SMILES string of the molecule is C1CC[CH]([Mg][CH]2CCCC2)C1. The molecule has 0 N–H and O–H groups in total. The van der Waals surface area contributed by atoms with Crippen LogP contribution in [0.3, 0.4) is 0 Å². The third-order valence-corrected chi connectivity index (χ3v) is 6.58. The molecule has 0 bridgehead atoms. The second-order valence-corrected chi connectivity index (χ2v) is 7.32. The van der Waals surface area contributed by atoms with Crippen molar-refractivity contribution in [1.82, 2.24) is 0 Å². The highest BCUT2D eigenvalue weighted by molar-refractivity contribution is 6.39. The monoisotopic (exact) mass is 162 g/mol. The van der Waals surface area contributed by atoms with Crippen LogP contribution in [-0.2, 0) is 0 Å². The summed E-state index contributed by atoms with van der Waals surface area (Å²) in [6.45, 7) is 0. The standard InChI is InChI=1S/2C5H9.Mg/c2*1-2-4-5-3-1;/h2*1H,2-5H2;. The molecule has 0 saturated heterocycles. The molecule has 0 aromatic carbocycles. The van der Waals surface area contributed by atoms with Crippen molar-refractivity contribution in [2.75, 3.05) is 0 Å². The summed E-state index contributed by atoms with van der Waals surface area (Å²) < 4.78 is 2.55. The first-order valence-corrected chi connectivity index (χ1v) is 7.08. The maximum absolute atomic E-state index is 1.61. The Balaban J connectivity index is 1.71. The molecule has 0 aliphatic heterocycles. The Morgan fingerprint density at radius 3 is 1.36 bits per heavy atom. The smallest absolute Gasteiger partial charge is 0.134 e. The third kappa shape index (κ3) is 2.35. The maximum Gasteiger partial charge on any atom is 0.373 e. The van der Waals surface area contributed by atoms with Crippen molar-refractivity contribution in [3.63, 3.8) is 0 Å². The van der Waals surface area contributed by atoms with Gasteiger partial charge in [0.2, 0.25) is 0 Å². The molecule has 2 aliphatic rings. The molecule has 0 aromatic rings. The van der Waals surface area contributed by atoms with Gasteiger partial charge in [-0.3, -0.25) is 0 Å². The zero-order valence-electron chi connectivity index (χ0n) is 7.52. The fourth-order valence-electron chi connectivity index (χ4n) is 2.96. The summed E-state index contributed by atoms with van der Waals surface area (Å²) >= 11 is 0.364. The summed E-state index contributed by atoms with van der Waals surface area (Å²) in [5, 5.41) is 0. The van der Waals surface area contributed by atoms with Gasteiger partial charge in [-0.2, -0.15) is 0 Å². The maximum atomic E-state index is 1.61. The van der Waals surface area contributed by atoms with Crippen LogP contribution < -0.4 is 0 Å². The molecule has 1 heteroatoms. The molecule has 0 radical (unpaired) electrons. The highest BCUT2D eigenvalue weighted by Crippen LogP contribution is 2.37. The van der Waals surface area contributed by atoms with Gasteiger partial charge in [0.05, 0.1) is 0 Å². The van der Waals surface area contributed by atoms with Crippen LogP contribution in [0.15, 0.2) is 0 Å². The molecule has 0 spiro atoms. The summed E-state index contributed by atoms with van der Waals surface area (Å²) in [5.74, 6) is 0. The quantitative estimate of drug-likeness (QED) is 0.546. The average Bonchev–Trinajstić information content (AvgIpc) is 2.60. The van der Waals surface area contributed by atoms with Gasteiger partial charge in [-0.25, -0.2) is 0 Å². The van der Waals surface area contributed by atoms with E-state index in [0.29, 0.717) is 20.4 Å². The lowest BCUT2D eigenvalue weighted by molar-refractivity contribution is 0.796. The van der Waals surface area contributed by atoms with Gasteiger partial charge in [0.15, 0.2) is 0 Å². The molecule has 0 unspecified atom stereocenters. The second kappa shape index (κ2) is 4.13. The first kappa shape index (κ1) is 8.37. The topological polar surface area (TPSA) is 0 Å². The third-order valence-electron chi connectivity index (χ3n) is 3.62. The Hall–Kier alpha value is 0.766. The van der Waals surface area contributed by atoms with Crippen LogP contribution in [-0.4, -0.2) is 20.4 Å². The molecule has 2 fully saturated rings. The highest BCUT2D eigenvalue weighted by atomic mass is 24.5. The summed E-state index contributed by atoms with van der Waals surface area (Å²) in [7, 11) is 0. The largest absolute Gasteiger partial charge is 0.373 e. The summed E-state index contributed by atoms with van der Waals surface area (Å²) in [4.78, 5) is 0. The summed E-state index contributed by atoms with van der Waals surface area (Å²) in [6, 6.07) is 0. The minimum Gasteiger partial charge on any atom is -0.134 e. The molecule has 0 nitrogen and oxygen atoms in total. The van der Waals surface area contributed by atoms with Gasteiger partial charge in [-0.1, -0.05) is 51.4 Å². The van der Waals surface area contributed by atoms with Crippen molar-refractivity contribution >= 4 is 20.4 Å². The molecule has 60 valence electrons. The van der Waals surface area contributed by atoms with E-state index in [1.165, 1.54) is 8.09 Å². The second-order valence-electron chi connectivity index (χ2n) is 4.54. The minimum atomic E-state index is 0.364. The molecule has 2 rings (SSSR count). The lowest BCUT2D eigenvalue weighted by atomic mass is 10.3. The van der Waals surface area contributed by atoms with E-state index in [1.54, 1.807) is 51.4 Å². The Labute approximate surface area is 79.9 Å². The zero-order chi connectivity index (χ0) is 7.52. The van der Waals surface area contributed by atoms with Gasteiger partial charge < -0.3 is 0 Å². The van der Waals surface area contributed by atoms with E-state index in [9.17, 15) is 0 Å². The van der Waals surface area contributed by atoms with E-state index >= 15 is 0 Å². The van der Waals surface area contributed by atoms with Crippen LogP contribution in [0, 0.1) is 0 Å². The molecular weight excluding hydrogens is 144 g/mol. The van der Waals surface area contributed by atoms with Crippen LogP contribution in [0.25, 0.3) is 0 Å². The van der Waals surface area contributed by atoms with Crippen LogP contribution in [0.5, 0.6) is 0 Å². The molecule has 0 aromatic heterocycles.